The Balaban J connectivity index is 1.83. The van der Waals surface area contributed by atoms with Gasteiger partial charge in [0.25, 0.3) is 0 Å². The van der Waals surface area contributed by atoms with E-state index >= 15 is 0 Å². The maximum Gasteiger partial charge on any atom is 0.333 e. The number of carbonyl (C=O) groups is 1. The quantitative estimate of drug-likeness (QED) is 0.258. The van der Waals surface area contributed by atoms with Gasteiger partial charge in [0.2, 0.25) is 0 Å². The number of nitrogens with zero attached hydrogens (tertiary/aromatic N) is 1. The summed E-state index contributed by atoms with van der Waals surface area (Å²) in [6.45, 7) is 9.95. The summed E-state index contributed by atoms with van der Waals surface area (Å²) in [4.78, 5) is 13.2. The number of hydrogen-bond acceptors (Lipinski definition) is 4. The van der Waals surface area contributed by atoms with Gasteiger partial charge in [-0.3, -0.25) is 4.90 Å². The molecule has 0 aromatic heterocycles. The fraction of sp³-hybridized carbons (Fsp3) is 0.700. The third kappa shape index (κ3) is 4.99. The summed E-state index contributed by atoms with van der Waals surface area (Å²) in [6.07, 6.45) is 0. The largest absolute Gasteiger partial charge is 0.460 e. The lowest BCUT2D eigenvalue weighted by atomic mass is 10.4. The fourth-order valence-electron chi connectivity index (χ4n) is 0.907. The molecule has 0 amide bonds. The highest BCUT2D eigenvalue weighted by Crippen LogP contribution is 2.00. The van der Waals surface area contributed by atoms with Crippen LogP contribution in [0.5, 0.6) is 0 Å². The van der Waals surface area contributed by atoms with Crippen LogP contribution in [0.3, 0.4) is 0 Å². The molecule has 0 N–H and O–H groups in total. The van der Waals surface area contributed by atoms with Gasteiger partial charge in [0.15, 0.2) is 0 Å². The van der Waals surface area contributed by atoms with Crippen molar-refractivity contribution in [2.24, 2.45) is 0 Å². The number of ether oxygens (including phenoxy) is 2. The lowest BCUT2D eigenvalue weighted by molar-refractivity contribution is -0.140. The first kappa shape index (κ1) is 11.2. The molecule has 0 aromatic rings. The normalized spacial score (nSPS) is 15.2. The fourth-order valence-corrected chi connectivity index (χ4v) is 0.907. The lowest BCUT2D eigenvalue weighted by Gasteiger charge is -2.05. The van der Waals surface area contributed by atoms with Gasteiger partial charge in [-0.05, 0) is 6.92 Å². The van der Waals surface area contributed by atoms with Crippen LogP contribution in [-0.2, 0) is 14.3 Å². The SMILES string of the molecule is C=C(C)C(=O)OCCOCCN1CC1. The van der Waals surface area contributed by atoms with Crippen molar-refractivity contribution in [1.82, 2.24) is 4.90 Å². The minimum absolute atomic E-state index is 0.311. The van der Waals surface area contributed by atoms with Crippen molar-refractivity contribution in [3.63, 3.8) is 0 Å². The molecule has 4 heteroatoms. The van der Waals surface area contributed by atoms with Crippen molar-refractivity contribution in [2.75, 3.05) is 39.5 Å². The van der Waals surface area contributed by atoms with E-state index in [4.69, 9.17) is 9.47 Å². The standard InChI is InChI=1S/C10H17NO3/c1-9(2)10(12)14-8-7-13-6-5-11-3-4-11/h1,3-8H2,2H3. The molecule has 0 saturated carbocycles. The molecular weight excluding hydrogens is 182 g/mol. The molecule has 1 aliphatic heterocycles. The molecule has 1 saturated heterocycles. The van der Waals surface area contributed by atoms with Gasteiger partial charge in [0.1, 0.15) is 6.61 Å². The minimum Gasteiger partial charge on any atom is -0.460 e. The number of carbonyl (C=O) groups excluding carboxylic acids is 1. The Morgan fingerprint density at radius 3 is 2.64 bits per heavy atom. The summed E-state index contributed by atoms with van der Waals surface area (Å²) in [5.74, 6) is -0.348. The maximum atomic E-state index is 10.9. The molecule has 1 aliphatic rings. The molecule has 0 unspecified atom stereocenters. The van der Waals surface area contributed by atoms with Crippen molar-refractivity contribution in [3.05, 3.63) is 12.2 Å². The van der Waals surface area contributed by atoms with Gasteiger partial charge in [-0.2, -0.15) is 0 Å². The van der Waals surface area contributed by atoms with E-state index < -0.39 is 0 Å². The first-order chi connectivity index (χ1) is 6.70. The van der Waals surface area contributed by atoms with Crippen LogP contribution in [0.25, 0.3) is 0 Å². The molecule has 0 bridgehead atoms. The van der Waals surface area contributed by atoms with Crippen LogP contribution in [0.2, 0.25) is 0 Å². The van der Waals surface area contributed by atoms with Crippen LogP contribution in [0, 0.1) is 0 Å². The van der Waals surface area contributed by atoms with Crippen molar-refractivity contribution in [3.8, 4) is 0 Å². The third-order valence-electron chi connectivity index (χ3n) is 1.90. The highest BCUT2D eigenvalue weighted by molar-refractivity contribution is 5.86. The van der Waals surface area contributed by atoms with Crippen molar-refractivity contribution >= 4 is 5.97 Å². The predicted molar refractivity (Wildman–Crippen MR) is 53.0 cm³/mol. The second-order valence-electron chi connectivity index (χ2n) is 3.37. The second-order valence-corrected chi connectivity index (χ2v) is 3.37. The second kappa shape index (κ2) is 5.78. The lowest BCUT2D eigenvalue weighted by Crippen LogP contribution is -2.14. The molecule has 0 aromatic carbocycles. The van der Waals surface area contributed by atoms with Crippen LogP contribution in [0.15, 0.2) is 12.2 Å². The molecular formula is C10H17NO3. The predicted octanol–water partition coefficient (Wildman–Crippen LogP) is 0.438. The van der Waals surface area contributed by atoms with Gasteiger partial charge in [0.05, 0.1) is 13.2 Å². The third-order valence-corrected chi connectivity index (χ3v) is 1.90. The van der Waals surface area contributed by atoms with E-state index in [1.807, 2.05) is 0 Å². The van der Waals surface area contributed by atoms with Gasteiger partial charge >= 0.3 is 5.97 Å². The van der Waals surface area contributed by atoms with Gasteiger partial charge in [-0.1, -0.05) is 6.58 Å². The maximum absolute atomic E-state index is 10.9. The molecule has 1 rings (SSSR count). The molecule has 0 spiro atoms. The van der Waals surface area contributed by atoms with E-state index in [0.717, 1.165) is 6.54 Å². The van der Waals surface area contributed by atoms with Crippen molar-refractivity contribution < 1.29 is 14.3 Å². The number of rotatable bonds is 7. The Labute approximate surface area is 84.5 Å². The summed E-state index contributed by atoms with van der Waals surface area (Å²) in [7, 11) is 0. The molecule has 1 heterocycles. The van der Waals surface area contributed by atoms with Gasteiger partial charge in [-0.25, -0.2) is 4.79 Å². The summed E-state index contributed by atoms with van der Waals surface area (Å²) in [6, 6.07) is 0. The summed E-state index contributed by atoms with van der Waals surface area (Å²) >= 11 is 0. The average molecular weight is 199 g/mol. The average Bonchev–Trinajstić information content (AvgIpc) is 2.94. The first-order valence-electron chi connectivity index (χ1n) is 4.83. The zero-order valence-corrected chi connectivity index (χ0v) is 8.62. The minimum atomic E-state index is -0.348. The summed E-state index contributed by atoms with van der Waals surface area (Å²) < 4.78 is 10.1. The van der Waals surface area contributed by atoms with E-state index in [9.17, 15) is 4.79 Å². The van der Waals surface area contributed by atoms with Crippen LogP contribution in [0.1, 0.15) is 6.92 Å². The molecule has 4 nitrogen and oxygen atoms in total. The van der Waals surface area contributed by atoms with Gasteiger partial charge in [0, 0.05) is 25.2 Å². The smallest absolute Gasteiger partial charge is 0.333 e. The molecule has 14 heavy (non-hydrogen) atoms. The van der Waals surface area contributed by atoms with Gasteiger partial charge < -0.3 is 9.47 Å². The van der Waals surface area contributed by atoms with Crippen molar-refractivity contribution in [1.29, 1.82) is 0 Å². The number of esters is 1. The zero-order chi connectivity index (χ0) is 10.4. The Morgan fingerprint density at radius 1 is 1.36 bits per heavy atom. The molecule has 0 atom stereocenters. The van der Waals surface area contributed by atoms with Crippen LogP contribution < -0.4 is 0 Å². The molecule has 80 valence electrons. The van der Waals surface area contributed by atoms with E-state index in [-0.39, 0.29) is 5.97 Å². The zero-order valence-electron chi connectivity index (χ0n) is 8.62. The monoisotopic (exact) mass is 199 g/mol. The van der Waals surface area contributed by atoms with E-state index in [1.54, 1.807) is 6.92 Å². The number of hydrogen-bond donors (Lipinski definition) is 0. The van der Waals surface area contributed by atoms with Crippen LogP contribution >= 0.6 is 0 Å². The molecule has 1 fully saturated rings. The summed E-state index contributed by atoms with van der Waals surface area (Å²) in [5, 5.41) is 0. The topological polar surface area (TPSA) is 38.5 Å². The Hall–Kier alpha value is -0.870. The molecule has 0 aliphatic carbocycles. The van der Waals surface area contributed by atoms with Crippen LogP contribution in [-0.4, -0.2) is 50.3 Å². The van der Waals surface area contributed by atoms with Crippen LogP contribution in [0.4, 0.5) is 0 Å². The highest BCUT2D eigenvalue weighted by atomic mass is 16.6. The summed E-state index contributed by atoms with van der Waals surface area (Å²) in [5.41, 5.74) is 0.425. The van der Waals surface area contributed by atoms with Crippen molar-refractivity contribution in [2.45, 2.75) is 6.92 Å². The van der Waals surface area contributed by atoms with E-state index in [2.05, 4.69) is 11.5 Å². The van der Waals surface area contributed by atoms with E-state index in [1.165, 1.54) is 13.1 Å². The van der Waals surface area contributed by atoms with E-state index in [0.29, 0.717) is 25.4 Å². The van der Waals surface area contributed by atoms with Gasteiger partial charge in [-0.15, -0.1) is 0 Å². The Morgan fingerprint density at radius 2 is 2.07 bits per heavy atom. The molecule has 0 radical (unpaired) electrons. The Bertz CT molecular complexity index is 211. The first-order valence-corrected chi connectivity index (χ1v) is 4.83. The Kier molecular flexibility index (Phi) is 4.62. The highest BCUT2D eigenvalue weighted by Gasteiger charge is 2.15.